The summed E-state index contributed by atoms with van der Waals surface area (Å²) in [6, 6.07) is 3.24. The fourth-order valence-electron chi connectivity index (χ4n) is 1.55. The number of ether oxygens (including phenoxy) is 2. The summed E-state index contributed by atoms with van der Waals surface area (Å²) in [5.74, 6) is 0.678. The van der Waals surface area contributed by atoms with E-state index in [2.05, 4.69) is 0 Å². The third kappa shape index (κ3) is 1.99. The molecule has 0 spiro atoms. The predicted octanol–water partition coefficient (Wildman–Crippen LogP) is 1.64. The van der Waals surface area contributed by atoms with Crippen molar-refractivity contribution in [2.45, 2.75) is 6.42 Å². The molecule has 1 aromatic carbocycles. The molecule has 4 nitrogen and oxygen atoms in total. The standard InChI is InChI=1S/C11H12ClNO3/c12-8-3-2-7(9(14)6-13)10-11(8)16-5-1-4-15-10/h2-3H,1,4-6,13H2. The molecule has 0 saturated carbocycles. The van der Waals surface area contributed by atoms with E-state index in [1.165, 1.54) is 0 Å². The van der Waals surface area contributed by atoms with Crippen LogP contribution in [-0.2, 0) is 0 Å². The molecule has 1 aliphatic heterocycles. The highest BCUT2D eigenvalue weighted by atomic mass is 35.5. The van der Waals surface area contributed by atoms with Gasteiger partial charge in [0.2, 0.25) is 0 Å². The Kier molecular flexibility index (Phi) is 3.31. The number of rotatable bonds is 2. The van der Waals surface area contributed by atoms with Gasteiger partial charge in [-0.3, -0.25) is 4.79 Å². The minimum atomic E-state index is -0.182. The molecule has 2 rings (SSSR count). The van der Waals surface area contributed by atoms with Crippen LogP contribution in [0.1, 0.15) is 16.8 Å². The molecule has 0 radical (unpaired) electrons. The van der Waals surface area contributed by atoms with Crippen LogP contribution in [-0.4, -0.2) is 25.5 Å². The van der Waals surface area contributed by atoms with Crippen LogP contribution in [0.3, 0.4) is 0 Å². The van der Waals surface area contributed by atoms with Crippen molar-refractivity contribution in [3.8, 4) is 11.5 Å². The molecule has 0 amide bonds. The largest absolute Gasteiger partial charge is 0.489 e. The Morgan fingerprint density at radius 2 is 2.00 bits per heavy atom. The van der Waals surface area contributed by atoms with Gasteiger partial charge in [0.05, 0.1) is 30.3 Å². The summed E-state index contributed by atoms with van der Waals surface area (Å²) < 4.78 is 11.0. The van der Waals surface area contributed by atoms with Crippen LogP contribution in [0.4, 0.5) is 0 Å². The molecule has 0 saturated heterocycles. The van der Waals surface area contributed by atoms with Gasteiger partial charge in [-0.05, 0) is 12.1 Å². The number of halogens is 1. The topological polar surface area (TPSA) is 61.6 Å². The second-order valence-corrected chi connectivity index (χ2v) is 3.84. The summed E-state index contributed by atoms with van der Waals surface area (Å²) in [6.45, 7) is 0.989. The molecule has 5 heteroatoms. The average molecular weight is 242 g/mol. The van der Waals surface area contributed by atoms with Crippen LogP contribution < -0.4 is 15.2 Å². The minimum absolute atomic E-state index is 0.0581. The van der Waals surface area contributed by atoms with Crippen LogP contribution in [0.2, 0.25) is 5.02 Å². The summed E-state index contributed by atoms with van der Waals surface area (Å²) in [6.07, 6.45) is 0.765. The van der Waals surface area contributed by atoms with Crippen molar-refractivity contribution in [3.05, 3.63) is 22.7 Å². The zero-order valence-corrected chi connectivity index (χ0v) is 9.42. The van der Waals surface area contributed by atoms with E-state index in [4.69, 9.17) is 26.8 Å². The number of benzene rings is 1. The maximum Gasteiger partial charge on any atom is 0.180 e. The summed E-state index contributed by atoms with van der Waals surface area (Å²) in [4.78, 5) is 11.6. The molecule has 0 unspecified atom stereocenters. The first-order valence-corrected chi connectivity index (χ1v) is 5.43. The normalized spacial score (nSPS) is 14.4. The van der Waals surface area contributed by atoms with E-state index >= 15 is 0 Å². The number of ketones is 1. The zero-order valence-electron chi connectivity index (χ0n) is 8.66. The van der Waals surface area contributed by atoms with Gasteiger partial charge in [-0.1, -0.05) is 11.6 Å². The van der Waals surface area contributed by atoms with Gasteiger partial charge in [-0.25, -0.2) is 0 Å². The van der Waals surface area contributed by atoms with E-state index in [0.717, 1.165) is 6.42 Å². The van der Waals surface area contributed by atoms with Gasteiger partial charge in [-0.2, -0.15) is 0 Å². The third-order valence-corrected chi connectivity index (χ3v) is 2.63. The molecule has 0 aromatic heterocycles. The van der Waals surface area contributed by atoms with E-state index < -0.39 is 0 Å². The summed E-state index contributed by atoms with van der Waals surface area (Å²) in [7, 11) is 0. The van der Waals surface area contributed by atoms with Gasteiger partial charge < -0.3 is 15.2 Å². The van der Waals surface area contributed by atoms with Crippen molar-refractivity contribution < 1.29 is 14.3 Å². The smallest absolute Gasteiger partial charge is 0.180 e. The highest BCUT2D eigenvalue weighted by molar-refractivity contribution is 6.32. The van der Waals surface area contributed by atoms with Crippen molar-refractivity contribution in [2.24, 2.45) is 5.73 Å². The first-order valence-electron chi connectivity index (χ1n) is 5.05. The van der Waals surface area contributed by atoms with Crippen LogP contribution in [0.25, 0.3) is 0 Å². The Bertz CT molecular complexity index is 420. The van der Waals surface area contributed by atoms with Crippen LogP contribution >= 0.6 is 11.6 Å². The lowest BCUT2D eigenvalue weighted by molar-refractivity contribution is 0.0997. The highest BCUT2D eigenvalue weighted by Gasteiger charge is 2.21. The molecule has 1 aliphatic rings. The Morgan fingerprint density at radius 3 is 2.69 bits per heavy atom. The van der Waals surface area contributed by atoms with E-state index in [-0.39, 0.29) is 12.3 Å². The third-order valence-electron chi connectivity index (χ3n) is 2.33. The first kappa shape index (κ1) is 11.2. The minimum Gasteiger partial charge on any atom is -0.489 e. The van der Waals surface area contributed by atoms with E-state index in [1.807, 2.05) is 0 Å². The maximum absolute atomic E-state index is 11.6. The van der Waals surface area contributed by atoms with Crippen molar-refractivity contribution in [2.75, 3.05) is 19.8 Å². The number of carbonyl (C=O) groups is 1. The average Bonchev–Trinajstić information content (AvgIpc) is 2.55. The molecule has 2 N–H and O–H groups in total. The van der Waals surface area contributed by atoms with Crippen molar-refractivity contribution in [1.82, 2.24) is 0 Å². The van der Waals surface area contributed by atoms with Crippen LogP contribution in [0.15, 0.2) is 12.1 Å². The molecular formula is C11H12ClNO3. The summed E-state index contributed by atoms with van der Waals surface area (Å²) in [5.41, 5.74) is 5.77. The number of carbonyl (C=O) groups excluding carboxylic acids is 1. The van der Waals surface area contributed by atoms with E-state index in [0.29, 0.717) is 35.3 Å². The van der Waals surface area contributed by atoms with Crippen LogP contribution in [0, 0.1) is 0 Å². The molecule has 16 heavy (non-hydrogen) atoms. The van der Waals surface area contributed by atoms with E-state index in [9.17, 15) is 4.79 Å². The zero-order chi connectivity index (χ0) is 11.5. The molecule has 0 aliphatic carbocycles. The summed E-state index contributed by atoms with van der Waals surface area (Å²) in [5, 5.41) is 0.450. The molecule has 1 aromatic rings. The monoisotopic (exact) mass is 241 g/mol. The van der Waals surface area contributed by atoms with Gasteiger partial charge in [0.25, 0.3) is 0 Å². The van der Waals surface area contributed by atoms with Crippen LogP contribution in [0.5, 0.6) is 11.5 Å². The first-order chi connectivity index (χ1) is 7.74. The lowest BCUT2D eigenvalue weighted by Gasteiger charge is -2.12. The number of fused-ring (bicyclic) bond motifs is 1. The quantitative estimate of drug-likeness (QED) is 0.800. The number of Topliss-reactive ketones (excluding diaryl/α,β-unsaturated/α-hetero) is 1. The lowest BCUT2D eigenvalue weighted by atomic mass is 10.1. The fraction of sp³-hybridized carbons (Fsp3) is 0.364. The SMILES string of the molecule is NCC(=O)c1ccc(Cl)c2c1OCCCO2. The Labute approximate surface area is 98.3 Å². The number of hydrogen-bond acceptors (Lipinski definition) is 4. The van der Waals surface area contributed by atoms with Crippen molar-refractivity contribution in [3.63, 3.8) is 0 Å². The fourth-order valence-corrected chi connectivity index (χ4v) is 1.76. The number of nitrogens with two attached hydrogens (primary N) is 1. The molecule has 86 valence electrons. The van der Waals surface area contributed by atoms with Crippen molar-refractivity contribution >= 4 is 17.4 Å². The Morgan fingerprint density at radius 1 is 1.31 bits per heavy atom. The van der Waals surface area contributed by atoms with Gasteiger partial charge in [-0.15, -0.1) is 0 Å². The van der Waals surface area contributed by atoms with Gasteiger partial charge >= 0.3 is 0 Å². The highest BCUT2D eigenvalue weighted by Crippen LogP contribution is 2.39. The summed E-state index contributed by atoms with van der Waals surface area (Å²) >= 11 is 5.99. The van der Waals surface area contributed by atoms with Gasteiger partial charge in [0.15, 0.2) is 17.3 Å². The van der Waals surface area contributed by atoms with Gasteiger partial charge in [0, 0.05) is 6.42 Å². The lowest BCUT2D eigenvalue weighted by Crippen LogP contribution is -2.15. The number of hydrogen-bond donors (Lipinski definition) is 1. The Balaban J connectivity index is 2.51. The van der Waals surface area contributed by atoms with Crippen molar-refractivity contribution in [1.29, 1.82) is 0 Å². The Hall–Kier alpha value is -1.26. The maximum atomic E-state index is 11.6. The molecule has 0 bridgehead atoms. The predicted molar refractivity (Wildman–Crippen MR) is 60.4 cm³/mol. The second-order valence-electron chi connectivity index (χ2n) is 3.43. The molecule has 0 fully saturated rings. The van der Waals surface area contributed by atoms with Gasteiger partial charge in [0.1, 0.15) is 0 Å². The molecule has 1 heterocycles. The molecular weight excluding hydrogens is 230 g/mol. The second kappa shape index (κ2) is 4.72. The van der Waals surface area contributed by atoms with E-state index in [1.54, 1.807) is 12.1 Å². The molecule has 0 atom stereocenters.